The molecule has 0 saturated carbocycles. The summed E-state index contributed by atoms with van der Waals surface area (Å²) in [4.78, 5) is 15.7. The maximum atomic E-state index is 11.2. The average molecular weight is 298 g/mol. The largest absolute Gasteiger partial charge is 0.372 e. The highest BCUT2D eigenvalue weighted by atomic mass is 32.2. The summed E-state index contributed by atoms with van der Waals surface area (Å²) >= 11 is 3.38. The number of anilines is 1. The van der Waals surface area contributed by atoms with Crippen molar-refractivity contribution in [3.05, 3.63) is 21.7 Å². The van der Waals surface area contributed by atoms with Gasteiger partial charge in [0.25, 0.3) is 4.96 Å². The Morgan fingerprint density at radius 3 is 3.05 bits per heavy atom. The van der Waals surface area contributed by atoms with Gasteiger partial charge in [-0.05, 0) is 35.2 Å². The van der Waals surface area contributed by atoms with Crippen LogP contribution in [0.1, 0.15) is 12.8 Å². The van der Waals surface area contributed by atoms with E-state index in [1.165, 1.54) is 40.1 Å². The second-order valence-corrected chi connectivity index (χ2v) is 6.63. The Morgan fingerprint density at radius 1 is 1.53 bits per heavy atom. The first kappa shape index (κ1) is 12.7. The van der Waals surface area contributed by atoms with Crippen LogP contribution < -0.4 is 5.32 Å². The molecule has 2 aromatic rings. The maximum absolute atomic E-state index is 11.2. The van der Waals surface area contributed by atoms with E-state index in [2.05, 4.69) is 10.3 Å². The molecule has 0 bridgehead atoms. The molecular weight excluding hydrogens is 284 g/mol. The molecule has 1 aliphatic rings. The number of thiazole rings is 1. The van der Waals surface area contributed by atoms with Crippen LogP contribution >= 0.6 is 23.1 Å². The zero-order valence-corrected chi connectivity index (χ0v) is 11.9. The lowest BCUT2D eigenvalue weighted by Gasteiger charge is -2.21. The first-order valence-corrected chi connectivity index (χ1v) is 8.20. The molecule has 8 heteroatoms. The molecular formula is C11H14N4O2S2. The third-order valence-corrected chi connectivity index (χ3v) is 5.11. The molecule has 0 radical (unpaired) electrons. The van der Waals surface area contributed by atoms with Crippen molar-refractivity contribution >= 4 is 39.7 Å². The first-order chi connectivity index (χ1) is 9.25. The minimum atomic E-state index is -0.369. The van der Waals surface area contributed by atoms with Crippen LogP contribution in [0.25, 0.3) is 4.96 Å². The molecule has 19 heavy (non-hydrogen) atoms. The topological polar surface area (TPSA) is 72.5 Å². The van der Waals surface area contributed by atoms with Gasteiger partial charge in [0.05, 0.1) is 0 Å². The average Bonchev–Trinajstić information content (AvgIpc) is 2.96. The van der Waals surface area contributed by atoms with E-state index in [4.69, 9.17) is 0 Å². The second kappa shape index (κ2) is 5.38. The quantitative estimate of drug-likeness (QED) is 0.694. The molecule has 0 aliphatic carbocycles. The number of imidazole rings is 1. The molecule has 0 atom stereocenters. The van der Waals surface area contributed by atoms with Crippen molar-refractivity contribution in [3.8, 4) is 0 Å². The van der Waals surface area contributed by atoms with Crippen molar-refractivity contribution in [3.63, 3.8) is 0 Å². The molecule has 3 rings (SSSR count). The smallest absolute Gasteiger partial charge is 0.363 e. The van der Waals surface area contributed by atoms with E-state index in [1.54, 1.807) is 11.6 Å². The van der Waals surface area contributed by atoms with Gasteiger partial charge in [-0.1, -0.05) is 11.3 Å². The Morgan fingerprint density at radius 2 is 2.32 bits per heavy atom. The van der Waals surface area contributed by atoms with Gasteiger partial charge in [0, 0.05) is 11.9 Å². The summed E-state index contributed by atoms with van der Waals surface area (Å²) in [6.45, 7) is 0.770. The summed E-state index contributed by atoms with van der Waals surface area (Å²) in [5.41, 5.74) is 0. The minimum Gasteiger partial charge on any atom is -0.363 e. The lowest BCUT2D eigenvalue weighted by Crippen LogP contribution is -2.19. The Hall–Kier alpha value is -1.28. The number of nitrogens with zero attached hydrogens (tertiary/aromatic N) is 3. The lowest BCUT2D eigenvalue weighted by molar-refractivity contribution is -0.389. The predicted octanol–water partition coefficient (Wildman–Crippen LogP) is 2.86. The maximum Gasteiger partial charge on any atom is 0.372 e. The van der Waals surface area contributed by atoms with Crippen LogP contribution in [0.2, 0.25) is 0 Å². The predicted molar refractivity (Wildman–Crippen MR) is 78.3 cm³/mol. The molecule has 0 spiro atoms. The monoisotopic (exact) mass is 298 g/mol. The standard InChI is InChI=1S/C11H14N4O2S2/c16-15(17)10-9(13-11-14(10)3-6-19-11)12-7-8-1-4-18-5-2-8/h3,6,8,12H,1-2,4-5,7H2. The third-order valence-electron chi connectivity index (χ3n) is 3.31. The van der Waals surface area contributed by atoms with Gasteiger partial charge in [0.1, 0.15) is 6.20 Å². The number of nitro groups is 1. The van der Waals surface area contributed by atoms with Gasteiger partial charge in [0.15, 0.2) is 0 Å². The molecule has 1 aliphatic heterocycles. The van der Waals surface area contributed by atoms with Gasteiger partial charge in [-0.3, -0.25) is 0 Å². The van der Waals surface area contributed by atoms with E-state index in [0.717, 1.165) is 6.54 Å². The van der Waals surface area contributed by atoms with Crippen LogP contribution in [-0.2, 0) is 0 Å². The van der Waals surface area contributed by atoms with Crippen molar-refractivity contribution in [2.24, 2.45) is 5.92 Å². The number of hydrogen-bond donors (Lipinski definition) is 1. The van der Waals surface area contributed by atoms with Crippen molar-refractivity contribution in [2.45, 2.75) is 12.8 Å². The van der Waals surface area contributed by atoms with Gasteiger partial charge >= 0.3 is 5.82 Å². The Kier molecular flexibility index (Phi) is 3.61. The normalized spacial score (nSPS) is 16.8. The number of fused-ring (bicyclic) bond motifs is 1. The third kappa shape index (κ3) is 2.55. The molecule has 0 aromatic carbocycles. The van der Waals surface area contributed by atoms with E-state index < -0.39 is 0 Å². The van der Waals surface area contributed by atoms with Gasteiger partial charge < -0.3 is 15.4 Å². The zero-order valence-electron chi connectivity index (χ0n) is 10.2. The fraction of sp³-hybridized carbons (Fsp3) is 0.545. The second-order valence-electron chi connectivity index (χ2n) is 4.53. The molecule has 0 unspecified atom stereocenters. The van der Waals surface area contributed by atoms with Crippen molar-refractivity contribution in [1.82, 2.24) is 9.38 Å². The molecule has 0 amide bonds. The van der Waals surface area contributed by atoms with Gasteiger partial charge in [-0.2, -0.15) is 21.1 Å². The highest BCUT2D eigenvalue weighted by Crippen LogP contribution is 2.29. The van der Waals surface area contributed by atoms with Crippen LogP contribution in [0, 0.1) is 16.0 Å². The van der Waals surface area contributed by atoms with E-state index in [9.17, 15) is 10.1 Å². The number of hydrogen-bond acceptors (Lipinski definition) is 6. The summed E-state index contributed by atoms with van der Waals surface area (Å²) in [6, 6.07) is 0. The van der Waals surface area contributed by atoms with Crippen LogP contribution in [0.4, 0.5) is 11.6 Å². The van der Waals surface area contributed by atoms with Crippen LogP contribution in [0.3, 0.4) is 0 Å². The lowest BCUT2D eigenvalue weighted by atomic mass is 10.0. The van der Waals surface area contributed by atoms with Crippen molar-refractivity contribution in [2.75, 3.05) is 23.4 Å². The summed E-state index contributed by atoms with van der Waals surface area (Å²) in [6.07, 6.45) is 4.04. The van der Waals surface area contributed by atoms with Crippen LogP contribution in [0.5, 0.6) is 0 Å². The van der Waals surface area contributed by atoms with Gasteiger partial charge in [-0.25, -0.2) is 0 Å². The fourth-order valence-electron chi connectivity index (χ4n) is 2.26. The van der Waals surface area contributed by atoms with Crippen molar-refractivity contribution in [1.29, 1.82) is 0 Å². The number of thioether (sulfide) groups is 1. The molecule has 6 nitrogen and oxygen atoms in total. The van der Waals surface area contributed by atoms with E-state index >= 15 is 0 Å². The zero-order chi connectivity index (χ0) is 13.2. The molecule has 3 heterocycles. The number of nitrogens with one attached hydrogen (secondary N) is 1. The summed E-state index contributed by atoms with van der Waals surface area (Å²) in [7, 11) is 0. The number of aromatic nitrogens is 2. The Labute approximate surface area is 118 Å². The fourth-order valence-corrected chi connectivity index (χ4v) is 4.17. The molecule has 1 fully saturated rings. The Bertz CT molecular complexity index is 589. The number of rotatable bonds is 4. The molecule has 102 valence electrons. The summed E-state index contributed by atoms with van der Waals surface area (Å²) in [5, 5.41) is 16.1. The first-order valence-electron chi connectivity index (χ1n) is 6.17. The van der Waals surface area contributed by atoms with E-state index in [-0.39, 0.29) is 10.7 Å². The molecule has 1 saturated heterocycles. The van der Waals surface area contributed by atoms with Crippen LogP contribution in [-0.4, -0.2) is 32.4 Å². The van der Waals surface area contributed by atoms with E-state index in [0.29, 0.717) is 16.7 Å². The Balaban J connectivity index is 1.77. The highest BCUT2D eigenvalue weighted by molar-refractivity contribution is 7.99. The van der Waals surface area contributed by atoms with E-state index in [1.807, 2.05) is 11.8 Å². The SMILES string of the molecule is O=[N+]([O-])c1c(NCC2CCSCC2)nc2sccn12. The minimum absolute atomic E-state index is 0.0430. The summed E-state index contributed by atoms with van der Waals surface area (Å²) < 4.78 is 1.53. The van der Waals surface area contributed by atoms with Crippen LogP contribution in [0.15, 0.2) is 11.6 Å². The highest BCUT2D eigenvalue weighted by Gasteiger charge is 2.24. The van der Waals surface area contributed by atoms with Gasteiger partial charge in [0.2, 0.25) is 5.82 Å². The molecule has 2 aromatic heterocycles. The molecule has 1 N–H and O–H groups in total. The van der Waals surface area contributed by atoms with Crippen molar-refractivity contribution < 1.29 is 4.92 Å². The van der Waals surface area contributed by atoms with Gasteiger partial charge in [-0.15, -0.1) is 0 Å². The summed E-state index contributed by atoms with van der Waals surface area (Å²) in [5.74, 6) is 3.41.